The van der Waals surface area contributed by atoms with Gasteiger partial charge in [0.15, 0.2) is 6.61 Å². The molecular weight excluding hydrogens is 236 g/mol. The minimum atomic E-state index is -1.09. The maximum Gasteiger partial charge on any atom is 0.341 e. The number of aliphatic carboxylic acids is 1. The Hall–Kier alpha value is -1.30. The van der Waals surface area contributed by atoms with E-state index >= 15 is 0 Å². The Labute approximate surface area is 106 Å². The Morgan fingerprint density at radius 3 is 2.61 bits per heavy atom. The zero-order valence-electron chi connectivity index (χ0n) is 10.4. The molecule has 0 aromatic carbocycles. The third-order valence-electron chi connectivity index (χ3n) is 3.86. The number of amides is 2. The van der Waals surface area contributed by atoms with Gasteiger partial charge in [0.1, 0.15) is 0 Å². The number of carboxylic acid groups (broad SMARTS) is 1. The Morgan fingerprint density at radius 1 is 1.22 bits per heavy atom. The van der Waals surface area contributed by atoms with Crippen LogP contribution < -0.4 is 5.48 Å². The van der Waals surface area contributed by atoms with Crippen molar-refractivity contribution < 1.29 is 19.5 Å². The molecule has 0 spiro atoms. The van der Waals surface area contributed by atoms with E-state index in [1.807, 2.05) is 0 Å². The summed E-state index contributed by atoms with van der Waals surface area (Å²) in [5.41, 5.74) is 2.22. The molecular formula is C12H20N2O4. The molecule has 6 heteroatoms. The first-order valence-electron chi connectivity index (χ1n) is 6.58. The summed E-state index contributed by atoms with van der Waals surface area (Å²) in [7, 11) is 0. The molecule has 1 atom stereocenters. The maximum atomic E-state index is 11.9. The first-order valence-corrected chi connectivity index (χ1v) is 6.58. The van der Waals surface area contributed by atoms with E-state index < -0.39 is 12.6 Å². The molecule has 2 aliphatic rings. The van der Waals surface area contributed by atoms with Crippen LogP contribution in [-0.2, 0) is 9.63 Å². The van der Waals surface area contributed by atoms with Crippen LogP contribution in [0.1, 0.15) is 38.5 Å². The fourth-order valence-corrected chi connectivity index (χ4v) is 3.10. The normalized spacial score (nSPS) is 24.4. The van der Waals surface area contributed by atoms with E-state index in [1.54, 1.807) is 4.90 Å². The van der Waals surface area contributed by atoms with Gasteiger partial charge in [-0.2, -0.15) is 0 Å². The molecule has 1 saturated heterocycles. The van der Waals surface area contributed by atoms with Crippen LogP contribution in [0.5, 0.6) is 0 Å². The second-order valence-electron chi connectivity index (χ2n) is 5.04. The molecule has 0 radical (unpaired) electrons. The molecule has 1 aliphatic heterocycles. The molecule has 1 heterocycles. The molecule has 2 amide bonds. The van der Waals surface area contributed by atoms with Crippen LogP contribution in [0.15, 0.2) is 0 Å². The van der Waals surface area contributed by atoms with Crippen LogP contribution in [-0.4, -0.2) is 41.2 Å². The summed E-state index contributed by atoms with van der Waals surface area (Å²) in [6.07, 6.45) is 6.98. The van der Waals surface area contributed by atoms with Gasteiger partial charge in [0, 0.05) is 12.6 Å². The second-order valence-corrected chi connectivity index (χ2v) is 5.04. The highest BCUT2D eigenvalue weighted by Gasteiger charge is 2.35. The monoisotopic (exact) mass is 256 g/mol. The van der Waals surface area contributed by atoms with Crippen molar-refractivity contribution in [3.63, 3.8) is 0 Å². The number of nitrogens with one attached hydrogen (secondary N) is 1. The SMILES string of the molecule is O=C(O)CONC(=O)N1CCCC1C1CCCC1. The summed E-state index contributed by atoms with van der Waals surface area (Å²) in [4.78, 5) is 28.6. The first-order chi connectivity index (χ1) is 8.68. The van der Waals surface area contributed by atoms with Gasteiger partial charge in [-0.25, -0.2) is 15.1 Å². The topological polar surface area (TPSA) is 78.9 Å². The highest BCUT2D eigenvalue weighted by atomic mass is 16.7. The van der Waals surface area contributed by atoms with Gasteiger partial charge in [-0.05, 0) is 31.6 Å². The molecule has 2 fully saturated rings. The number of urea groups is 1. The van der Waals surface area contributed by atoms with Gasteiger partial charge >= 0.3 is 12.0 Å². The van der Waals surface area contributed by atoms with Crippen LogP contribution in [0.25, 0.3) is 0 Å². The summed E-state index contributed by atoms with van der Waals surface area (Å²) in [5, 5.41) is 8.43. The quantitative estimate of drug-likeness (QED) is 0.744. The predicted octanol–water partition coefficient (Wildman–Crippen LogP) is 1.37. The lowest BCUT2D eigenvalue weighted by Crippen LogP contribution is -2.45. The highest BCUT2D eigenvalue weighted by molar-refractivity contribution is 5.74. The Kier molecular flexibility index (Phi) is 4.41. The van der Waals surface area contributed by atoms with E-state index in [4.69, 9.17) is 5.11 Å². The largest absolute Gasteiger partial charge is 0.479 e. The van der Waals surface area contributed by atoms with Crippen molar-refractivity contribution in [3.8, 4) is 0 Å². The zero-order chi connectivity index (χ0) is 13.0. The third-order valence-corrected chi connectivity index (χ3v) is 3.86. The van der Waals surface area contributed by atoms with Gasteiger partial charge in [-0.15, -0.1) is 0 Å². The molecule has 6 nitrogen and oxygen atoms in total. The fraction of sp³-hybridized carbons (Fsp3) is 0.833. The number of hydrogen-bond acceptors (Lipinski definition) is 3. The number of likely N-dealkylation sites (tertiary alicyclic amines) is 1. The number of carboxylic acids is 1. The Bertz CT molecular complexity index is 315. The number of hydrogen-bond donors (Lipinski definition) is 2. The molecule has 1 unspecified atom stereocenters. The van der Waals surface area contributed by atoms with Gasteiger partial charge in [0.05, 0.1) is 0 Å². The van der Waals surface area contributed by atoms with Crippen LogP contribution in [0.3, 0.4) is 0 Å². The van der Waals surface area contributed by atoms with Crippen LogP contribution in [0.2, 0.25) is 0 Å². The Morgan fingerprint density at radius 2 is 1.94 bits per heavy atom. The Balaban J connectivity index is 1.82. The number of hydroxylamine groups is 1. The van der Waals surface area contributed by atoms with Crippen LogP contribution in [0.4, 0.5) is 4.79 Å². The van der Waals surface area contributed by atoms with E-state index in [0.717, 1.165) is 19.4 Å². The lowest BCUT2D eigenvalue weighted by atomic mass is 9.96. The minimum absolute atomic E-state index is 0.300. The molecule has 2 N–H and O–H groups in total. The van der Waals surface area contributed by atoms with Crippen molar-refractivity contribution in [3.05, 3.63) is 0 Å². The van der Waals surface area contributed by atoms with Gasteiger partial charge in [0.25, 0.3) is 0 Å². The second kappa shape index (κ2) is 6.04. The smallest absolute Gasteiger partial charge is 0.341 e. The highest BCUT2D eigenvalue weighted by Crippen LogP contribution is 2.35. The summed E-state index contributed by atoms with van der Waals surface area (Å²) >= 11 is 0. The van der Waals surface area contributed by atoms with Gasteiger partial charge in [-0.1, -0.05) is 12.8 Å². The molecule has 0 aromatic rings. The summed E-state index contributed by atoms with van der Waals surface area (Å²) in [6.45, 7) is 0.233. The fourth-order valence-electron chi connectivity index (χ4n) is 3.10. The van der Waals surface area contributed by atoms with Gasteiger partial charge < -0.3 is 10.0 Å². The van der Waals surface area contributed by atoms with Crippen molar-refractivity contribution in [1.82, 2.24) is 10.4 Å². The standard InChI is InChI=1S/C12H20N2O4/c15-11(16)8-18-13-12(17)14-7-3-6-10(14)9-4-1-2-5-9/h9-10H,1-8H2,(H,13,17)(H,15,16). The van der Waals surface area contributed by atoms with Crippen molar-refractivity contribution in [1.29, 1.82) is 0 Å². The number of rotatable bonds is 4. The van der Waals surface area contributed by atoms with Gasteiger partial charge in [-0.3, -0.25) is 4.84 Å². The molecule has 18 heavy (non-hydrogen) atoms. The lowest BCUT2D eigenvalue weighted by Gasteiger charge is -2.29. The van der Waals surface area contributed by atoms with Crippen molar-refractivity contribution in [2.75, 3.05) is 13.2 Å². The summed E-state index contributed by atoms with van der Waals surface area (Å²) < 4.78 is 0. The number of carbonyl (C=O) groups is 2. The molecule has 102 valence electrons. The van der Waals surface area contributed by atoms with E-state index in [-0.39, 0.29) is 6.03 Å². The van der Waals surface area contributed by atoms with Crippen molar-refractivity contribution >= 4 is 12.0 Å². The zero-order valence-corrected chi connectivity index (χ0v) is 10.4. The first kappa shape index (κ1) is 13.1. The number of carbonyl (C=O) groups excluding carboxylic acids is 1. The van der Waals surface area contributed by atoms with Crippen LogP contribution >= 0.6 is 0 Å². The maximum absolute atomic E-state index is 11.9. The third kappa shape index (κ3) is 3.13. The molecule has 2 rings (SSSR count). The molecule has 0 aromatic heterocycles. The van der Waals surface area contributed by atoms with Crippen molar-refractivity contribution in [2.24, 2.45) is 5.92 Å². The van der Waals surface area contributed by atoms with E-state index in [1.165, 1.54) is 25.7 Å². The summed E-state index contributed by atoms with van der Waals surface area (Å²) in [6, 6.07) is 0.00609. The average Bonchev–Trinajstić information content (AvgIpc) is 2.99. The van der Waals surface area contributed by atoms with E-state index in [0.29, 0.717) is 12.0 Å². The minimum Gasteiger partial charge on any atom is -0.479 e. The van der Waals surface area contributed by atoms with Crippen LogP contribution in [0, 0.1) is 5.92 Å². The van der Waals surface area contributed by atoms with E-state index in [9.17, 15) is 9.59 Å². The molecule has 0 bridgehead atoms. The summed E-state index contributed by atoms with van der Waals surface area (Å²) in [5.74, 6) is -0.484. The average molecular weight is 256 g/mol. The number of nitrogens with zero attached hydrogens (tertiary/aromatic N) is 1. The predicted molar refractivity (Wildman–Crippen MR) is 63.8 cm³/mol. The molecule has 1 saturated carbocycles. The lowest BCUT2D eigenvalue weighted by molar-refractivity contribution is -0.144. The van der Waals surface area contributed by atoms with Gasteiger partial charge in [0.2, 0.25) is 0 Å². The van der Waals surface area contributed by atoms with Crippen molar-refractivity contribution in [2.45, 2.75) is 44.6 Å². The van der Waals surface area contributed by atoms with E-state index in [2.05, 4.69) is 10.3 Å². The molecule has 1 aliphatic carbocycles.